The first-order valence-electron chi connectivity index (χ1n) is 12.9. The van der Waals surface area contributed by atoms with Gasteiger partial charge in [-0.3, -0.25) is 4.79 Å². The topological polar surface area (TPSA) is 123 Å². The number of carbonyl (C=O) groups excluding carboxylic acids is 1. The zero-order valence-electron chi connectivity index (χ0n) is 22.0. The van der Waals surface area contributed by atoms with Crippen LogP contribution in [0.25, 0.3) is 22.3 Å². The van der Waals surface area contributed by atoms with Gasteiger partial charge in [0.25, 0.3) is 5.91 Å². The molecule has 0 spiro atoms. The Balaban J connectivity index is 1.45. The molecule has 1 aliphatic rings. The van der Waals surface area contributed by atoms with Gasteiger partial charge < -0.3 is 15.4 Å². The van der Waals surface area contributed by atoms with Gasteiger partial charge in [-0.15, -0.1) is 0 Å². The number of likely N-dealkylation sites (tertiary alicyclic amines) is 1. The molecule has 4 aromatic rings. The summed E-state index contributed by atoms with van der Waals surface area (Å²) in [6.07, 6.45) is 4.60. The van der Waals surface area contributed by atoms with E-state index in [4.69, 9.17) is 15.6 Å². The van der Waals surface area contributed by atoms with Crippen molar-refractivity contribution in [2.24, 2.45) is 5.92 Å². The maximum absolute atomic E-state index is 14.0. The minimum Gasteiger partial charge on any atom is -0.451 e. The minimum atomic E-state index is -0.806. The second-order valence-electron chi connectivity index (χ2n) is 9.90. The average molecular weight is 544 g/mol. The molecule has 5 rings (SSSR count). The number of nitrogen functional groups attached to an aromatic ring is 1. The number of nitrogens with zero attached hydrogens (tertiary/aromatic N) is 6. The highest BCUT2D eigenvalue weighted by Gasteiger charge is 2.32. The minimum absolute atomic E-state index is 0.0690. The molecule has 0 bridgehead atoms. The fraction of sp³-hybridized carbons (Fsp3) is 0.276. The van der Waals surface area contributed by atoms with E-state index in [0.29, 0.717) is 35.4 Å². The van der Waals surface area contributed by atoms with E-state index >= 15 is 0 Å². The first-order valence-corrected chi connectivity index (χ1v) is 12.9. The van der Waals surface area contributed by atoms with E-state index in [9.17, 15) is 18.8 Å². The van der Waals surface area contributed by atoms with Gasteiger partial charge in [0.1, 0.15) is 35.2 Å². The van der Waals surface area contributed by atoms with E-state index in [2.05, 4.69) is 9.97 Å². The second kappa shape index (κ2) is 11.1. The normalized spacial score (nSPS) is 15.6. The zero-order chi connectivity index (χ0) is 28.4. The van der Waals surface area contributed by atoms with Crippen molar-refractivity contribution in [3.8, 4) is 28.8 Å². The lowest BCUT2D eigenvalue weighted by atomic mass is 10.1. The van der Waals surface area contributed by atoms with Crippen molar-refractivity contribution in [2.45, 2.75) is 39.3 Å². The van der Waals surface area contributed by atoms with Gasteiger partial charge in [0, 0.05) is 12.1 Å². The van der Waals surface area contributed by atoms with Crippen LogP contribution in [0.3, 0.4) is 0 Å². The molecule has 1 amide bonds. The zero-order valence-corrected chi connectivity index (χ0v) is 22.0. The van der Waals surface area contributed by atoms with Crippen LogP contribution in [0.2, 0.25) is 0 Å². The first kappa shape index (κ1) is 26.7. The van der Waals surface area contributed by atoms with Crippen LogP contribution in [0, 0.1) is 28.9 Å². The van der Waals surface area contributed by atoms with Crippen molar-refractivity contribution < 1.29 is 18.3 Å². The molecule has 1 fully saturated rings. The Morgan fingerprint density at radius 3 is 2.60 bits per heavy atom. The van der Waals surface area contributed by atoms with Crippen molar-refractivity contribution in [3.05, 3.63) is 72.1 Å². The molecule has 40 heavy (non-hydrogen) atoms. The maximum Gasteiger partial charge on any atom is 0.264 e. The maximum atomic E-state index is 14.0. The van der Waals surface area contributed by atoms with Crippen LogP contribution in [-0.4, -0.2) is 43.1 Å². The van der Waals surface area contributed by atoms with Gasteiger partial charge in [-0.2, -0.15) is 10.4 Å². The van der Waals surface area contributed by atoms with E-state index in [-0.39, 0.29) is 35.0 Å². The van der Waals surface area contributed by atoms with Gasteiger partial charge in [-0.1, -0.05) is 26.0 Å². The van der Waals surface area contributed by atoms with Crippen LogP contribution < -0.4 is 10.5 Å². The Morgan fingerprint density at radius 2 is 1.93 bits per heavy atom. The summed E-state index contributed by atoms with van der Waals surface area (Å²) >= 11 is 0. The van der Waals surface area contributed by atoms with Crippen LogP contribution in [0.1, 0.15) is 26.7 Å². The molecule has 1 aliphatic heterocycles. The molecule has 0 aliphatic carbocycles. The third-order valence-corrected chi connectivity index (χ3v) is 6.70. The number of para-hydroxylation sites is 1. The number of hydrogen-bond donors (Lipinski definition) is 1. The van der Waals surface area contributed by atoms with Crippen LogP contribution in [0.15, 0.2) is 60.4 Å². The molecule has 2 aromatic carbocycles. The molecule has 1 atom stereocenters. The number of aromatic nitrogens is 4. The number of nitriles is 1. The van der Waals surface area contributed by atoms with Crippen molar-refractivity contribution >= 4 is 22.8 Å². The lowest BCUT2D eigenvalue weighted by molar-refractivity contribution is -0.127. The van der Waals surface area contributed by atoms with E-state index in [1.165, 1.54) is 12.4 Å². The van der Waals surface area contributed by atoms with Gasteiger partial charge in [-0.05, 0) is 55.2 Å². The molecular weight excluding hydrogens is 516 g/mol. The monoisotopic (exact) mass is 543 g/mol. The van der Waals surface area contributed by atoms with Crippen molar-refractivity contribution in [3.63, 3.8) is 0 Å². The van der Waals surface area contributed by atoms with E-state index in [1.807, 2.05) is 19.9 Å². The highest BCUT2D eigenvalue weighted by atomic mass is 19.1. The average Bonchev–Trinajstić information content (AvgIpc) is 3.55. The molecule has 11 heteroatoms. The van der Waals surface area contributed by atoms with Crippen molar-refractivity contribution in [2.75, 3.05) is 12.3 Å². The van der Waals surface area contributed by atoms with Crippen LogP contribution in [-0.2, 0) is 11.3 Å². The number of carbonyl (C=O) groups is 1. The highest BCUT2D eigenvalue weighted by Crippen LogP contribution is 2.34. The van der Waals surface area contributed by atoms with Gasteiger partial charge in [0.2, 0.25) is 0 Å². The number of allylic oxidation sites excluding steroid dienone is 1. The molecule has 2 N–H and O–H groups in total. The number of amides is 1. The predicted molar refractivity (Wildman–Crippen MR) is 145 cm³/mol. The van der Waals surface area contributed by atoms with Crippen molar-refractivity contribution in [1.82, 2.24) is 24.6 Å². The molecule has 0 radical (unpaired) electrons. The number of ether oxygens (including phenoxy) is 1. The fourth-order valence-electron chi connectivity index (χ4n) is 4.88. The second-order valence-corrected chi connectivity index (χ2v) is 9.90. The summed E-state index contributed by atoms with van der Waals surface area (Å²) in [5, 5.41) is 14.9. The molecule has 0 unspecified atom stereocenters. The summed E-state index contributed by atoms with van der Waals surface area (Å²) in [6, 6.07) is 11.9. The summed E-state index contributed by atoms with van der Waals surface area (Å²) in [7, 11) is 0. The Kier molecular flexibility index (Phi) is 7.42. The number of fused-ring (bicyclic) bond motifs is 1. The number of halogens is 2. The fourth-order valence-corrected chi connectivity index (χ4v) is 4.88. The lowest BCUT2D eigenvalue weighted by Gasteiger charge is -2.24. The van der Waals surface area contributed by atoms with Crippen LogP contribution in [0.5, 0.6) is 11.5 Å². The third kappa shape index (κ3) is 5.20. The summed E-state index contributed by atoms with van der Waals surface area (Å²) in [5.41, 5.74) is 8.07. The number of nitrogens with two attached hydrogens (primary N) is 1. The summed E-state index contributed by atoms with van der Waals surface area (Å²) < 4.78 is 35.2. The summed E-state index contributed by atoms with van der Waals surface area (Å²) in [5.74, 6) is -1.83. The van der Waals surface area contributed by atoms with Crippen molar-refractivity contribution in [1.29, 1.82) is 5.26 Å². The molecule has 204 valence electrons. The van der Waals surface area contributed by atoms with E-state index in [0.717, 1.165) is 25.0 Å². The van der Waals surface area contributed by atoms with Gasteiger partial charge >= 0.3 is 0 Å². The van der Waals surface area contributed by atoms with E-state index in [1.54, 1.807) is 39.9 Å². The largest absolute Gasteiger partial charge is 0.451 e. The summed E-state index contributed by atoms with van der Waals surface area (Å²) in [6.45, 7) is 4.75. The number of hydrogen-bond acceptors (Lipinski definition) is 7. The predicted octanol–water partition coefficient (Wildman–Crippen LogP) is 5.24. The Labute approximate surface area is 229 Å². The first-order chi connectivity index (χ1) is 19.3. The molecule has 3 heterocycles. The molecule has 9 nitrogen and oxygen atoms in total. The molecule has 0 saturated carbocycles. The smallest absolute Gasteiger partial charge is 0.264 e. The molecular formula is C29H27F2N7O2. The Bertz CT molecular complexity index is 1620. The number of rotatable bonds is 7. The van der Waals surface area contributed by atoms with E-state index < -0.39 is 17.4 Å². The van der Waals surface area contributed by atoms with Crippen LogP contribution in [0.4, 0.5) is 14.6 Å². The molecule has 1 saturated heterocycles. The number of benzene rings is 2. The number of anilines is 1. The SMILES string of the molecule is CC(C)/C=C(/C#N)C(=O)N1CCC[C@H]1Cn1nc(-c2ccc(Oc3c(F)cccc3F)cc2)c2c(N)ncnc21. The highest BCUT2D eigenvalue weighted by molar-refractivity contribution is 5.99. The standard InChI is InChI=1S/C29H27F2N7O2/c1-17(2)13-19(14-32)29(39)37-12-4-5-20(37)15-38-28-24(27(33)34-16-35-28)25(36-38)18-8-10-21(11-9-18)40-26-22(30)6-3-7-23(26)31/h3,6-11,13,16-17,20H,4-5,12,15H2,1-2H3,(H2,33,34,35)/b19-13-/t20-/m0/s1. The summed E-state index contributed by atoms with van der Waals surface area (Å²) in [4.78, 5) is 23.4. The lowest BCUT2D eigenvalue weighted by Crippen LogP contribution is -2.39. The Hall–Kier alpha value is -4.85. The van der Waals surface area contributed by atoms with Gasteiger partial charge in [0.05, 0.1) is 18.0 Å². The van der Waals surface area contributed by atoms with Crippen LogP contribution >= 0.6 is 0 Å². The quantitative estimate of drug-likeness (QED) is 0.250. The van der Waals surface area contributed by atoms with Gasteiger partial charge in [0.15, 0.2) is 23.0 Å². The van der Waals surface area contributed by atoms with Gasteiger partial charge in [-0.25, -0.2) is 23.4 Å². The third-order valence-electron chi connectivity index (χ3n) is 6.70. The molecule has 2 aromatic heterocycles. The Morgan fingerprint density at radius 1 is 1.20 bits per heavy atom.